The Morgan fingerprint density at radius 3 is 2.57 bits per heavy atom. The van der Waals surface area contributed by atoms with Gasteiger partial charge in [0.15, 0.2) is 5.89 Å². The van der Waals surface area contributed by atoms with Crippen LogP contribution < -0.4 is 5.32 Å². The fourth-order valence-electron chi connectivity index (χ4n) is 1.82. The van der Waals surface area contributed by atoms with Gasteiger partial charge in [-0.05, 0) is 19.1 Å². The van der Waals surface area contributed by atoms with Gasteiger partial charge in [-0.15, -0.1) is 0 Å². The molecule has 112 valence electrons. The van der Waals surface area contributed by atoms with Crippen molar-refractivity contribution in [2.24, 2.45) is 0 Å². The van der Waals surface area contributed by atoms with Gasteiger partial charge in [0.25, 0.3) is 0 Å². The van der Waals surface area contributed by atoms with Crippen molar-refractivity contribution in [3.63, 3.8) is 0 Å². The van der Waals surface area contributed by atoms with Gasteiger partial charge in [0, 0.05) is 5.41 Å². The van der Waals surface area contributed by atoms with E-state index in [1.165, 1.54) is 12.1 Å². The Labute approximate surface area is 123 Å². The van der Waals surface area contributed by atoms with Gasteiger partial charge >= 0.3 is 0 Å². The molecule has 1 amide bonds. The maximum absolute atomic E-state index is 13.5. The third-order valence-electron chi connectivity index (χ3n) is 3.00. The Kier molecular flexibility index (Phi) is 4.11. The fourth-order valence-corrected chi connectivity index (χ4v) is 1.82. The number of halogens is 1. The van der Waals surface area contributed by atoms with E-state index in [0.717, 1.165) is 0 Å². The molecule has 4 nitrogen and oxygen atoms in total. The second-order valence-electron chi connectivity index (χ2n) is 5.98. The zero-order valence-electron chi connectivity index (χ0n) is 12.7. The minimum atomic E-state index is -0.462. The average molecular weight is 290 g/mol. The number of nitrogens with zero attached hydrogens (tertiary/aromatic N) is 1. The van der Waals surface area contributed by atoms with Gasteiger partial charge in [-0.1, -0.05) is 32.9 Å². The van der Waals surface area contributed by atoms with E-state index in [-0.39, 0.29) is 23.4 Å². The van der Waals surface area contributed by atoms with E-state index >= 15 is 0 Å². The molecule has 0 aliphatic heterocycles. The maximum atomic E-state index is 13.5. The summed E-state index contributed by atoms with van der Waals surface area (Å²) in [6.45, 7) is 7.76. The lowest BCUT2D eigenvalue weighted by atomic mass is 9.97. The van der Waals surface area contributed by atoms with Crippen molar-refractivity contribution in [1.82, 2.24) is 4.98 Å². The van der Waals surface area contributed by atoms with Crippen LogP contribution in [0.2, 0.25) is 0 Å². The highest BCUT2D eigenvalue weighted by atomic mass is 19.1. The molecule has 0 bridgehead atoms. The Hall–Kier alpha value is -2.17. The molecule has 0 atom stereocenters. The molecule has 0 aliphatic carbocycles. The molecular formula is C16H19FN2O2. The molecule has 0 spiro atoms. The lowest BCUT2D eigenvalue weighted by Crippen LogP contribution is -2.15. The van der Waals surface area contributed by atoms with E-state index in [9.17, 15) is 9.18 Å². The number of carbonyl (C=O) groups excluding carboxylic acids is 1. The number of oxazole rings is 1. The van der Waals surface area contributed by atoms with E-state index in [2.05, 4.69) is 10.3 Å². The topological polar surface area (TPSA) is 55.1 Å². The first-order valence-corrected chi connectivity index (χ1v) is 6.78. The van der Waals surface area contributed by atoms with E-state index in [0.29, 0.717) is 17.3 Å². The highest BCUT2D eigenvalue weighted by Crippen LogP contribution is 2.24. The molecule has 0 fully saturated rings. The number of aryl methyl sites for hydroxylation is 1. The predicted molar refractivity (Wildman–Crippen MR) is 78.7 cm³/mol. The van der Waals surface area contributed by atoms with E-state index in [1.54, 1.807) is 19.1 Å². The summed E-state index contributed by atoms with van der Waals surface area (Å²) in [5.41, 5.74) is 0.629. The van der Waals surface area contributed by atoms with Crippen LogP contribution in [0, 0.1) is 12.7 Å². The van der Waals surface area contributed by atoms with Crippen LogP contribution in [0.15, 0.2) is 28.7 Å². The lowest BCUT2D eigenvalue weighted by Gasteiger charge is -2.12. The third-order valence-corrected chi connectivity index (χ3v) is 3.00. The number of nitrogens with one attached hydrogen (secondary N) is 1. The maximum Gasteiger partial charge on any atom is 0.232 e. The Balaban J connectivity index is 2.10. The highest BCUT2D eigenvalue weighted by Gasteiger charge is 2.23. The second kappa shape index (κ2) is 5.68. The van der Waals surface area contributed by atoms with Gasteiger partial charge in [-0.25, -0.2) is 9.37 Å². The van der Waals surface area contributed by atoms with Crippen LogP contribution in [0.5, 0.6) is 0 Å². The van der Waals surface area contributed by atoms with Crippen molar-refractivity contribution in [2.45, 2.75) is 39.5 Å². The number of aromatic nitrogens is 1. The third kappa shape index (κ3) is 3.68. The van der Waals surface area contributed by atoms with Crippen molar-refractivity contribution >= 4 is 11.6 Å². The normalized spacial score (nSPS) is 11.5. The smallest absolute Gasteiger partial charge is 0.232 e. The molecule has 2 aromatic rings. The number of anilines is 1. The molecule has 1 heterocycles. The number of hydrogen-bond acceptors (Lipinski definition) is 3. The van der Waals surface area contributed by atoms with E-state index in [1.807, 2.05) is 20.8 Å². The van der Waals surface area contributed by atoms with Crippen LogP contribution >= 0.6 is 0 Å². The van der Waals surface area contributed by atoms with Crippen LogP contribution in [0.3, 0.4) is 0 Å². The number of amides is 1. The number of para-hydroxylation sites is 1. The summed E-state index contributed by atoms with van der Waals surface area (Å²) >= 11 is 0. The fraction of sp³-hybridized carbons (Fsp3) is 0.375. The van der Waals surface area contributed by atoms with Crippen LogP contribution in [-0.2, 0) is 16.6 Å². The molecule has 0 radical (unpaired) electrons. The zero-order valence-corrected chi connectivity index (χ0v) is 12.7. The van der Waals surface area contributed by atoms with Crippen LogP contribution in [-0.4, -0.2) is 10.9 Å². The minimum absolute atomic E-state index is 0.0310. The SMILES string of the molecule is Cc1nc(C(C)(C)C)oc1CC(=O)Nc1ccccc1F. The van der Waals surface area contributed by atoms with Crippen molar-refractivity contribution in [3.05, 3.63) is 47.4 Å². The van der Waals surface area contributed by atoms with Crippen LogP contribution in [0.25, 0.3) is 0 Å². The second-order valence-corrected chi connectivity index (χ2v) is 5.98. The number of rotatable bonds is 3. The zero-order chi connectivity index (χ0) is 15.6. The highest BCUT2D eigenvalue weighted by molar-refractivity contribution is 5.92. The Morgan fingerprint density at radius 1 is 1.33 bits per heavy atom. The van der Waals surface area contributed by atoms with Gasteiger partial charge in [-0.3, -0.25) is 4.79 Å². The molecule has 0 unspecified atom stereocenters. The number of hydrogen-bond donors (Lipinski definition) is 1. The number of benzene rings is 1. The monoisotopic (exact) mass is 290 g/mol. The average Bonchev–Trinajstić information content (AvgIpc) is 2.74. The first-order valence-electron chi connectivity index (χ1n) is 6.78. The predicted octanol–water partition coefficient (Wildman–Crippen LogP) is 3.60. The van der Waals surface area contributed by atoms with E-state index in [4.69, 9.17) is 4.42 Å². The van der Waals surface area contributed by atoms with Gasteiger partial charge in [0.05, 0.1) is 17.8 Å². The largest absolute Gasteiger partial charge is 0.444 e. The molecule has 0 saturated carbocycles. The van der Waals surface area contributed by atoms with Gasteiger partial charge in [-0.2, -0.15) is 0 Å². The standard InChI is InChI=1S/C16H19FN2O2/c1-10-13(21-15(18-10)16(2,3)4)9-14(20)19-12-8-6-5-7-11(12)17/h5-8H,9H2,1-4H3,(H,19,20). The van der Waals surface area contributed by atoms with Gasteiger partial charge < -0.3 is 9.73 Å². The summed E-state index contributed by atoms with van der Waals surface area (Å²) < 4.78 is 19.1. The van der Waals surface area contributed by atoms with Gasteiger partial charge in [0.1, 0.15) is 11.6 Å². The molecule has 1 N–H and O–H groups in total. The van der Waals surface area contributed by atoms with Crippen LogP contribution in [0.4, 0.5) is 10.1 Å². The number of carbonyl (C=O) groups is 1. The van der Waals surface area contributed by atoms with Crippen molar-refractivity contribution < 1.29 is 13.6 Å². The molecule has 5 heteroatoms. The van der Waals surface area contributed by atoms with E-state index < -0.39 is 5.82 Å². The van der Waals surface area contributed by atoms with Crippen LogP contribution in [0.1, 0.15) is 38.1 Å². The molecule has 21 heavy (non-hydrogen) atoms. The molecule has 0 aliphatic rings. The minimum Gasteiger partial charge on any atom is -0.444 e. The summed E-state index contributed by atoms with van der Waals surface area (Å²) in [6.07, 6.45) is 0.0310. The quantitative estimate of drug-likeness (QED) is 0.939. The molecule has 1 aromatic carbocycles. The van der Waals surface area contributed by atoms with Crippen molar-refractivity contribution in [1.29, 1.82) is 0 Å². The van der Waals surface area contributed by atoms with Crippen molar-refractivity contribution in [2.75, 3.05) is 5.32 Å². The first-order chi connectivity index (χ1) is 9.77. The summed E-state index contributed by atoms with van der Waals surface area (Å²) in [6, 6.07) is 6.05. The van der Waals surface area contributed by atoms with Crippen molar-refractivity contribution in [3.8, 4) is 0 Å². The first kappa shape index (κ1) is 15.2. The Bertz CT molecular complexity index is 657. The van der Waals surface area contributed by atoms with Gasteiger partial charge in [0.2, 0.25) is 5.91 Å². The summed E-state index contributed by atoms with van der Waals surface area (Å²) in [5, 5.41) is 2.53. The Morgan fingerprint density at radius 2 is 2.00 bits per heavy atom. The summed E-state index contributed by atoms with van der Waals surface area (Å²) in [4.78, 5) is 16.3. The molecular weight excluding hydrogens is 271 g/mol. The lowest BCUT2D eigenvalue weighted by molar-refractivity contribution is -0.115. The molecule has 1 aromatic heterocycles. The molecule has 0 saturated heterocycles. The molecule has 2 rings (SSSR count). The summed E-state index contributed by atoms with van der Waals surface area (Å²) in [7, 11) is 0. The summed E-state index contributed by atoms with van der Waals surface area (Å²) in [5.74, 6) is 0.304.